The van der Waals surface area contributed by atoms with E-state index >= 15 is 0 Å². The van der Waals surface area contributed by atoms with Crippen molar-refractivity contribution in [3.05, 3.63) is 24.3 Å². The van der Waals surface area contributed by atoms with Crippen LogP contribution in [0.2, 0.25) is 0 Å². The molecule has 1 atom stereocenters. The molecule has 0 unspecified atom stereocenters. The molecule has 0 spiro atoms. The van der Waals surface area contributed by atoms with E-state index in [1.807, 2.05) is 24.3 Å². The molecule has 0 radical (unpaired) electrons. The first-order valence-electron chi connectivity index (χ1n) is 5.51. The highest BCUT2D eigenvalue weighted by Gasteiger charge is 2.18. The minimum atomic E-state index is -0.417. The molecule has 1 heterocycles. The molecule has 0 aliphatic heterocycles. The van der Waals surface area contributed by atoms with Gasteiger partial charge in [-0.05, 0) is 29.5 Å². The average Bonchev–Trinajstić information content (AvgIpc) is 2.86. The lowest BCUT2D eigenvalue weighted by atomic mass is 10.3. The predicted molar refractivity (Wildman–Crippen MR) is 70.2 cm³/mol. The lowest BCUT2D eigenvalue weighted by Crippen LogP contribution is -2.23. The zero-order valence-electron chi connectivity index (χ0n) is 10.5. The number of nitrogens with zero attached hydrogens (tertiary/aromatic N) is 4. The molecule has 0 bridgehead atoms. The fraction of sp³-hybridized carbons (Fsp3) is 0.273. The first-order chi connectivity index (χ1) is 9.13. The number of primary amides is 1. The van der Waals surface area contributed by atoms with Gasteiger partial charge in [-0.1, -0.05) is 23.9 Å². The molecule has 7 nitrogen and oxygen atoms in total. The maximum Gasteiger partial charge on any atom is 0.230 e. The number of hydrogen-bond acceptors (Lipinski definition) is 6. The Morgan fingerprint density at radius 3 is 2.89 bits per heavy atom. The maximum absolute atomic E-state index is 11.1. The van der Waals surface area contributed by atoms with Crippen molar-refractivity contribution in [3.8, 4) is 11.4 Å². The zero-order valence-corrected chi connectivity index (χ0v) is 11.3. The fourth-order valence-electron chi connectivity index (χ4n) is 1.42. The van der Waals surface area contributed by atoms with Gasteiger partial charge in [0, 0.05) is 0 Å². The van der Waals surface area contributed by atoms with Gasteiger partial charge in [-0.15, -0.1) is 5.10 Å². The Morgan fingerprint density at radius 2 is 2.21 bits per heavy atom. The number of amides is 1. The number of para-hydroxylation sites is 2. The second-order valence-electron chi connectivity index (χ2n) is 3.71. The molecule has 0 saturated carbocycles. The van der Waals surface area contributed by atoms with E-state index in [-0.39, 0.29) is 0 Å². The van der Waals surface area contributed by atoms with Crippen LogP contribution in [0.25, 0.3) is 5.69 Å². The molecule has 2 N–H and O–H groups in total. The molecule has 0 saturated heterocycles. The second-order valence-corrected chi connectivity index (χ2v) is 5.02. The van der Waals surface area contributed by atoms with E-state index in [1.54, 1.807) is 14.0 Å². The summed E-state index contributed by atoms with van der Waals surface area (Å²) in [6, 6.07) is 7.34. The van der Waals surface area contributed by atoms with Gasteiger partial charge < -0.3 is 10.5 Å². The summed E-state index contributed by atoms with van der Waals surface area (Å²) in [7, 11) is 1.57. The molecule has 0 aliphatic rings. The fourth-order valence-corrected chi connectivity index (χ4v) is 2.18. The van der Waals surface area contributed by atoms with Crippen LogP contribution in [0, 0.1) is 0 Å². The summed E-state index contributed by atoms with van der Waals surface area (Å²) in [6.45, 7) is 1.70. The Balaban J connectivity index is 2.36. The zero-order chi connectivity index (χ0) is 13.8. The van der Waals surface area contributed by atoms with Gasteiger partial charge in [0.2, 0.25) is 11.1 Å². The monoisotopic (exact) mass is 279 g/mol. The molecule has 2 aromatic rings. The third-order valence-corrected chi connectivity index (χ3v) is 3.49. The molecular weight excluding hydrogens is 266 g/mol. The number of tetrazole rings is 1. The molecule has 19 heavy (non-hydrogen) atoms. The normalized spacial score (nSPS) is 12.1. The van der Waals surface area contributed by atoms with Crippen LogP contribution in [0.15, 0.2) is 29.4 Å². The van der Waals surface area contributed by atoms with E-state index in [9.17, 15) is 4.79 Å². The molecule has 0 fully saturated rings. The SMILES string of the molecule is COc1ccccc1-n1nnnc1S[C@H](C)C(N)=O. The number of ether oxygens (including phenoxy) is 1. The maximum atomic E-state index is 11.1. The highest BCUT2D eigenvalue weighted by Crippen LogP contribution is 2.27. The van der Waals surface area contributed by atoms with Crippen LogP contribution in [0.4, 0.5) is 0 Å². The molecule has 2 rings (SSSR count). The Morgan fingerprint density at radius 1 is 1.47 bits per heavy atom. The summed E-state index contributed by atoms with van der Waals surface area (Å²) in [4.78, 5) is 11.1. The Kier molecular flexibility index (Phi) is 4.00. The summed E-state index contributed by atoms with van der Waals surface area (Å²) < 4.78 is 6.78. The third kappa shape index (κ3) is 2.84. The van der Waals surface area contributed by atoms with Crippen molar-refractivity contribution in [1.29, 1.82) is 0 Å². The summed E-state index contributed by atoms with van der Waals surface area (Å²) in [6.07, 6.45) is 0. The Bertz CT molecular complexity index is 586. The van der Waals surface area contributed by atoms with Crippen molar-refractivity contribution >= 4 is 17.7 Å². The number of aromatic nitrogens is 4. The summed E-state index contributed by atoms with van der Waals surface area (Å²) in [5.74, 6) is 0.225. The lowest BCUT2D eigenvalue weighted by Gasteiger charge is -2.10. The average molecular weight is 279 g/mol. The van der Waals surface area contributed by atoms with Crippen LogP contribution < -0.4 is 10.5 Å². The summed E-state index contributed by atoms with van der Waals surface area (Å²) in [5, 5.41) is 11.5. The summed E-state index contributed by atoms with van der Waals surface area (Å²) >= 11 is 1.20. The number of rotatable bonds is 5. The van der Waals surface area contributed by atoms with E-state index in [1.165, 1.54) is 16.4 Å². The van der Waals surface area contributed by atoms with Crippen molar-refractivity contribution in [2.45, 2.75) is 17.3 Å². The van der Waals surface area contributed by atoms with E-state index < -0.39 is 11.2 Å². The van der Waals surface area contributed by atoms with Gasteiger partial charge in [-0.25, -0.2) is 0 Å². The van der Waals surface area contributed by atoms with E-state index in [2.05, 4.69) is 15.5 Å². The van der Waals surface area contributed by atoms with Crippen LogP contribution in [0.1, 0.15) is 6.92 Å². The number of benzene rings is 1. The first kappa shape index (κ1) is 13.3. The van der Waals surface area contributed by atoms with Gasteiger partial charge >= 0.3 is 0 Å². The van der Waals surface area contributed by atoms with Gasteiger partial charge in [-0.3, -0.25) is 4.79 Å². The second kappa shape index (κ2) is 5.70. The van der Waals surface area contributed by atoms with E-state index in [0.29, 0.717) is 16.6 Å². The lowest BCUT2D eigenvalue weighted by molar-refractivity contribution is -0.117. The first-order valence-corrected chi connectivity index (χ1v) is 6.39. The number of nitrogens with two attached hydrogens (primary N) is 1. The molecule has 1 amide bonds. The van der Waals surface area contributed by atoms with Crippen LogP contribution in [-0.4, -0.2) is 38.5 Å². The standard InChI is InChI=1S/C11H13N5O2S/c1-7(10(12)17)19-11-13-14-15-16(11)8-5-3-4-6-9(8)18-2/h3-7H,1-2H3,(H2,12,17)/t7-/m1/s1. The number of carbonyl (C=O) groups is 1. The number of thioether (sulfide) groups is 1. The minimum Gasteiger partial charge on any atom is -0.494 e. The Labute approximate surface area is 114 Å². The van der Waals surface area contributed by atoms with Gasteiger partial charge in [0.05, 0.1) is 12.4 Å². The smallest absolute Gasteiger partial charge is 0.230 e. The van der Waals surface area contributed by atoms with E-state index in [0.717, 1.165) is 0 Å². The number of hydrogen-bond donors (Lipinski definition) is 1. The molecule has 100 valence electrons. The highest BCUT2D eigenvalue weighted by molar-refractivity contribution is 8.00. The van der Waals surface area contributed by atoms with Gasteiger partial charge in [0.1, 0.15) is 11.4 Å². The largest absolute Gasteiger partial charge is 0.494 e. The molecule has 8 heteroatoms. The quantitative estimate of drug-likeness (QED) is 0.807. The molecule has 1 aromatic carbocycles. The molecule has 0 aliphatic carbocycles. The van der Waals surface area contributed by atoms with Crippen molar-refractivity contribution < 1.29 is 9.53 Å². The van der Waals surface area contributed by atoms with Gasteiger partial charge in [0.25, 0.3) is 0 Å². The number of carbonyl (C=O) groups excluding carboxylic acids is 1. The highest BCUT2D eigenvalue weighted by atomic mass is 32.2. The van der Waals surface area contributed by atoms with Crippen molar-refractivity contribution in [2.75, 3.05) is 7.11 Å². The predicted octanol–water partition coefficient (Wildman–Crippen LogP) is 0.637. The summed E-state index contributed by atoms with van der Waals surface area (Å²) in [5.41, 5.74) is 5.94. The van der Waals surface area contributed by atoms with Crippen molar-refractivity contribution in [2.24, 2.45) is 5.73 Å². The van der Waals surface area contributed by atoms with Gasteiger partial charge in [0.15, 0.2) is 0 Å². The number of methoxy groups -OCH3 is 1. The van der Waals surface area contributed by atoms with Crippen LogP contribution in [0.5, 0.6) is 5.75 Å². The van der Waals surface area contributed by atoms with Crippen molar-refractivity contribution in [3.63, 3.8) is 0 Å². The Hall–Kier alpha value is -2.09. The van der Waals surface area contributed by atoms with Crippen LogP contribution in [-0.2, 0) is 4.79 Å². The third-order valence-electron chi connectivity index (χ3n) is 2.44. The minimum absolute atomic E-state index is 0.417. The van der Waals surface area contributed by atoms with Crippen LogP contribution in [0.3, 0.4) is 0 Å². The van der Waals surface area contributed by atoms with Gasteiger partial charge in [-0.2, -0.15) is 4.68 Å². The molecule has 1 aromatic heterocycles. The van der Waals surface area contributed by atoms with Crippen LogP contribution >= 0.6 is 11.8 Å². The topological polar surface area (TPSA) is 95.9 Å². The van der Waals surface area contributed by atoms with Crippen molar-refractivity contribution in [1.82, 2.24) is 20.2 Å². The molecular formula is C11H13N5O2S. The van der Waals surface area contributed by atoms with E-state index in [4.69, 9.17) is 10.5 Å².